The summed E-state index contributed by atoms with van der Waals surface area (Å²) in [6.45, 7) is 0. The van der Waals surface area contributed by atoms with Crippen molar-refractivity contribution in [3.05, 3.63) is 0 Å². The molecular weight excluding hydrogens is 186 g/mol. The Bertz CT molecular complexity index is 269. The van der Waals surface area contributed by atoms with Crippen molar-refractivity contribution in [3.8, 4) is 0 Å². The second-order valence-electron chi connectivity index (χ2n) is 3.44. The van der Waals surface area contributed by atoms with E-state index in [4.69, 9.17) is 0 Å². The molecule has 1 fully saturated rings. The molecule has 2 aliphatic rings. The van der Waals surface area contributed by atoms with Crippen LogP contribution in [0, 0.1) is 5.92 Å². The molecule has 0 radical (unpaired) electrons. The highest BCUT2D eigenvalue weighted by Crippen LogP contribution is 2.34. The highest BCUT2D eigenvalue weighted by molar-refractivity contribution is 8.16. The van der Waals surface area contributed by atoms with Crippen molar-refractivity contribution in [2.75, 3.05) is 0 Å². The first kappa shape index (κ1) is 8.94. The van der Waals surface area contributed by atoms with Gasteiger partial charge in [-0.2, -0.15) is 0 Å². The minimum absolute atomic E-state index is 0.262. The number of aliphatic imine (C=N–C) groups is 1. The second kappa shape index (κ2) is 3.62. The van der Waals surface area contributed by atoms with Crippen LogP contribution in [0.4, 0.5) is 0 Å². The zero-order chi connectivity index (χ0) is 9.26. The predicted molar refractivity (Wildman–Crippen MR) is 51.8 cm³/mol. The van der Waals surface area contributed by atoms with E-state index in [1.807, 2.05) is 0 Å². The van der Waals surface area contributed by atoms with Gasteiger partial charge in [0, 0.05) is 5.92 Å². The van der Waals surface area contributed by atoms with E-state index in [1.165, 1.54) is 24.6 Å². The van der Waals surface area contributed by atoms with Crippen molar-refractivity contribution in [3.63, 3.8) is 0 Å². The summed E-state index contributed by atoms with van der Waals surface area (Å²) in [5.74, 6) is 0.195. The van der Waals surface area contributed by atoms with Gasteiger partial charge in [-0.3, -0.25) is 4.79 Å². The van der Waals surface area contributed by atoms with Gasteiger partial charge in [-0.25, -0.2) is 4.99 Å². The predicted octanol–water partition coefficient (Wildman–Crippen LogP) is 1.42. The van der Waals surface area contributed by atoms with Gasteiger partial charge < -0.3 is 4.79 Å². The van der Waals surface area contributed by atoms with Crippen LogP contribution in [0.1, 0.15) is 25.7 Å². The lowest BCUT2D eigenvalue weighted by Gasteiger charge is -2.06. The highest BCUT2D eigenvalue weighted by atomic mass is 32.2. The fraction of sp³-hybridized carbons (Fsp3) is 0.667. The van der Waals surface area contributed by atoms with Gasteiger partial charge in [-0.15, -0.1) is 0 Å². The number of rotatable bonds is 2. The molecule has 1 atom stereocenters. The van der Waals surface area contributed by atoms with Crippen LogP contribution >= 0.6 is 11.8 Å². The molecule has 0 bridgehead atoms. The van der Waals surface area contributed by atoms with Gasteiger partial charge >= 0.3 is 0 Å². The molecule has 0 aromatic heterocycles. The molecule has 1 aliphatic carbocycles. The van der Waals surface area contributed by atoms with Crippen LogP contribution in [0.2, 0.25) is 0 Å². The average molecular weight is 197 g/mol. The van der Waals surface area contributed by atoms with Crippen molar-refractivity contribution in [2.45, 2.75) is 30.9 Å². The van der Waals surface area contributed by atoms with Gasteiger partial charge in [0.2, 0.25) is 0 Å². The maximum absolute atomic E-state index is 11.1. The van der Waals surface area contributed by atoms with Crippen LogP contribution in [-0.2, 0) is 9.59 Å². The summed E-state index contributed by atoms with van der Waals surface area (Å²) in [5, 5.41) is 0.357. The Morgan fingerprint density at radius 2 is 2.08 bits per heavy atom. The molecule has 1 aliphatic heterocycles. The SMILES string of the molecule is O=CC1SC(C2CCCC2)=NC1=O. The maximum Gasteiger partial charge on any atom is 0.267 e. The fourth-order valence-corrected chi connectivity index (χ4v) is 2.87. The normalized spacial score (nSPS) is 29.4. The summed E-state index contributed by atoms with van der Waals surface area (Å²) in [6.07, 6.45) is 5.40. The molecule has 1 saturated carbocycles. The minimum Gasteiger partial charge on any atom is -0.302 e. The molecule has 3 nitrogen and oxygen atoms in total. The van der Waals surface area contributed by atoms with Crippen molar-refractivity contribution < 1.29 is 9.59 Å². The summed E-state index contributed by atoms with van der Waals surface area (Å²) in [7, 11) is 0. The highest BCUT2D eigenvalue weighted by Gasteiger charge is 2.33. The van der Waals surface area contributed by atoms with Crippen LogP contribution in [-0.4, -0.2) is 22.5 Å². The smallest absolute Gasteiger partial charge is 0.267 e. The third kappa shape index (κ3) is 1.68. The van der Waals surface area contributed by atoms with E-state index >= 15 is 0 Å². The standard InChI is InChI=1S/C9H11NO2S/c11-5-7-8(12)10-9(13-7)6-3-1-2-4-6/h5-7H,1-4H2. The Labute approximate surface area is 81.0 Å². The van der Waals surface area contributed by atoms with E-state index in [-0.39, 0.29) is 5.91 Å². The number of hydrogen-bond donors (Lipinski definition) is 0. The molecule has 0 aromatic carbocycles. The van der Waals surface area contributed by atoms with Gasteiger partial charge in [0.25, 0.3) is 5.91 Å². The first-order valence-corrected chi connectivity index (χ1v) is 5.43. The molecule has 2 rings (SSSR count). The number of carbonyl (C=O) groups excluding carboxylic acids is 2. The fourth-order valence-electron chi connectivity index (χ4n) is 1.83. The summed E-state index contributed by atoms with van der Waals surface area (Å²) < 4.78 is 0. The van der Waals surface area contributed by atoms with E-state index in [9.17, 15) is 9.59 Å². The molecule has 0 saturated heterocycles. The topological polar surface area (TPSA) is 46.5 Å². The van der Waals surface area contributed by atoms with Crippen molar-refractivity contribution in [1.82, 2.24) is 0 Å². The first-order chi connectivity index (χ1) is 6.31. The first-order valence-electron chi connectivity index (χ1n) is 4.55. The molecule has 0 N–H and O–H groups in total. The van der Waals surface area contributed by atoms with Crippen LogP contribution in [0.3, 0.4) is 0 Å². The number of thioether (sulfide) groups is 1. The van der Waals surface area contributed by atoms with Crippen molar-refractivity contribution in [2.24, 2.45) is 10.9 Å². The third-order valence-electron chi connectivity index (χ3n) is 2.54. The van der Waals surface area contributed by atoms with Gasteiger partial charge in [-0.1, -0.05) is 24.6 Å². The molecule has 1 amide bonds. The second-order valence-corrected chi connectivity index (χ2v) is 4.61. The van der Waals surface area contributed by atoms with Gasteiger partial charge in [-0.05, 0) is 12.8 Å². The van der Waals surface area contributed by atoms with E-state index in [1.54, 1.807) is 0 Å². The minimum atomic E-state index is -0.546. The molecule has 1 unspecified atom stereocenters. The molecular formula is C9H11NO2S. The Kier molecular flexibility index (Phi) is 2.49. The third-order valence-corrected chi connectivity index (χ3v) is 3.77. The Hall–Kier alpha value is -0.640. The lowest BCUT2D eigenvalue weighted by atomic mass is 10.1. The van der Waals surface area contributed by atoms with Crippen molar-refractivity contribution >= 4 is 29.0 Å². The zero-order valence-corrected chi connectivity index (χ0v) is 8.05. The summed E-state index contributed by atoms with van der Waals surface area (Å²) in [5.41, 5.74) is 0. The van der Waals surface area contributed by atoms with Crippen LogP contribution in [0.25, 0.3) is 0 Å². The van der Waals surface area contributed by atoms with E-state index in [0.717, 1.165) is 17.9 Å². The van der Waals surface area contributed by atoms with E-state index in [0.29, 0.717) is 12.2 Å². The molecule has 1 heterocycles. The van der Waals surface area contributed by atoms with Crippen molar-refractivity contribution in [1.29, 1.82) is 0 Å². The summed E-state index contributed by atoms with van der Waals surface area (Å²) in [4.78, 5) is 25.5. The summed E-state index contributed by atoms with van der Waals surface area (Å²) >= 11 is 1.35. The molecule has 13 heavy (non-hydrogen) atoms. The van der Waals surface area contributed by atoms with Gasteiger partial charge in [0.15, 0.2) is 0 Å². The largest absolute Gasteiger partial charge is 0.302 e. The molecule has 70 valence electrons. The Morgan fingerprint density at radius 1 is 1.38 bits per heavy atom. The van der Waals surface area contributed by atoms with Gasteiger partial charge in [0.1, 0.15) is 11.5 Å². The van der Waals surface area contributed by atoms with Crippen LogP contribution < -0.4 is 0 Å². The van der Waals surface area contributed by atoms with E-state index < -0.39 is 5.25 Å². The lowest BCUT2D eigenvalue weighted by molar-refractivity contribution is -0.120. The van der Waals surface area contributed by atoms with E-state index in [2.05, 4.69) is 4.99 Å². The van der Waals surface area contributed by atoms with Crippen LogP contribution in [0.15, 0.2) is 4.99 Å². The summed E-state index contributed by atoms with van der Waals surface area (Å²) in [6, 6.07) is 0. The number of aldehydes is 1. The molecule has 0 spiro atoms. The lowest BCUT2D eigenvalue weighted by Crippen LogP contribution is -2.11. The Balaban J connectivity index is 2.05. The monoisotopic (exact) mass is 197 g/mol. The number of amides is 1. The van der Waals surface area contributed by atoms with Gasteiger partial charge in [0.05, 0.1) is 5.04 Å². The number of hydrogen-bond acceptors (Lipinski definition) is 3. The molecule has 4 heteroatoms. The average Bonchev–Trinajstić information content (AvgIpc) is 2.71. The van der Waals surface area contributed by atoms with Crippen LogP contribution in [0.5, 0.6) is 0 Å². The Morgan fingerprint density at radius 3 is 2.62 bits per heavy atom. The quantitative estimate of drug-likeness (QED) is 0.497. The molecule has 0 aromatic rings. The maximum atomic E-state index is 11.1. The number of nitrogens with zero attached hydrogens (tertiary/aromatic N) is 1. The number of carbonyl (C=O) groups is 2. The zero-order valence-electron chi connectivity index (χ0n) is 7.23.